The zero-order chi connectivity index (χ0) is 10.7. The first-order valence-corrected chi connectivity index (χ1v) is 6.30. The summed E-state index contributed by atoms with van der Waals surface area (Å²) in [6.45, 7) is 1.84. The lowest BCUT2D eigenvalue weighted by Crippen LogP contribution is -2.01. The van der Waals surface area contributed by atoms with Crippen molar-refractivity contribution in [2.75, 3.05) is 5.75 Å². The molecular weight excluding hydrogens is 212 g/mol. The zero-order valence-electron chi connectivity index (χ0n) is 8.73. The van der Waals surface area contributed by atoms with Crippen LogP contribution in [0.5, 0.6) is 0 Å². The Labute approximate surface area is 92.8 Å². The fraction of sp³-hybridized carbons (Fsp3) is 0.700. The van der Waals surface area contributed by atoms with Gasteiger partial charge in [-0.2, -0.15) is 16.7 Å². The second kappa shape index (κ2) is 4.79. The fourth-order valence-corrected chi connectivity index (χ4v) is 2.74. The highest BCUT2D eigenvalue weighted by atomic mass is 32.2. The summed E-state index contributed by atoms with van der Waals surface area (Å²) in [4.78, 5) is 15.4. The van der Waals surface area contributed by atoms with E-state index in [0.717, 1.165) is 12.2 Å². The number of nitrogens with zero attached hydrogens (tertiary/aromatic N) is 2. The van der Waals surface area contributed by atoms with E-state index in [9.17, 15) is 4.79 Å². The summed E-state index contributed by atoms with van der Waals surface area (Å²) in [5.74, 6) is 2.53. The lowest BCUT2D eigenvalue weighted by molar-refractivity contribution is -0.118. The number of Topliss-reactive ketones (excluding diaryl/α,β-unsaturated/α-hetero) is 1. The molecule has 15 heavy (non-hydrogen) atoms. The van der Waals surface area contributed by atoms with Crippen molar-refractivity contribution in [1.29, 1.82) is 0 Å². The summed E-state index contributed by atoms with van der Waals surface area (Å²) in [6, 6.07) is 0. The average molecular weight is 226 g/mol. The molecule has 4 nitrogen and oxygen atoms in total. The summed E-state index contributed by atoms with van der Waals surface area (Å²) < 4.78 is 5.05. The highest BCUT2D eigenvalue weighted by Crippen LogP contribution is 2.38. The average Bonchev–Trinajstić information content (AvgIpc) is 2.85. The molecule has 0 amide bonds. The number of hydrogen-bond acceptors (Lipinski definition) is 5. The van der Waals surface area contributed by atoms with E-state index < -0.39 is 0 Å². The molecule has 1 saturated heterocycles. The van der Waals surface area contributed by atoms with Crippen LogP contribution in [0, 0.1) is 0 Å². The van der Waals surface area contributed by atoms with Crippen molar-refractivity contribution in [1.82, 2.24) is 10.1 Å². The molecule has 1 aromatic rings. The van der Waals surface area contributed by atoms with Crippen molar-refractivity contribution in [3.05, 3.63) is 11.7 Å². The predicted octanol–water partition coefficient (Wildman–Crippen LogP) is 2.16. The Kier molecular flexibility index (Phi) is 3.41. The molecule has 0 saturated carbocycles. The van der Waals surface area contributed by atoms with Crippen LogP contribution in [-0.4, -0.2) is 21.7 Å². The predicted molar refractivity (Wildman–Crippen MR) is 57.7 cm³/mol. The second-order valence-electron chi connectivity index (χ2n) is 3.62. The van der Waals surface area contributed by atoms with Crippen molar-refractivity contribution in [3.8, 4) is 0 Å². The highest BCUT2D eigenvalue weighted by Gasteiger charge is 2.23. The molecule has 0 radical (unpaired) electrons. The lowest BCUT2D eigenvalue weighted by Gasteiger charge is -1.98. The van der Waals surface area contributed by atoms with Gasteiger partial charge in [-0.25, -0.2) is 0 Å². The fourth-order valence-electron chi connectivity index (χ4n) is 1.55. The Hall–Kier alpha value is -0.840. The molecule has 1 aliphatic heterocycles. The van der Waals surface area contributed by atoms with E-state index in [-0.39, 0.29) is 12.2 Å². The van der Waals surface area contributed by atoms with Crippen LogP contribution in [0.25, 0.3) is 0 Å². The van der Waals surface area contributed by atoms with Crippen molar-refractivity contribution >= 4 is 17.5 Å². The minimum Gasteiger partial charge on any atom is -0.339 e. The molecule has 0 aliphatic carbocycles. The van der Waals surface area contributed by atoms with E-state index in [1.165, 1.54) is 12.2 Å². The number of aromatic nitrogens is 2. The van der Waals surface area contributed by atoms with Gasteiger partial charge in [-0.3, -0.25) is 4.79 Å². The molecule has 1 aromatic heterocycles. The summed E-state index contributed by atoms with van der Waals surface area (Å²) in [5.41, 5.74) is 0. The van der Waals surface area contributed by atoms with Gasteiger partial charge in [-0.1, -0.05) is 12.1 Å². The third-order valence-corrected chi connectivity index (χ3v) is 3.82. The van der Waals surface area contributed by atoms with Crippen LogP contribution in [0.1, 0.15) is 43.2 Å². The molecule has 5 heteroatoms. The first kappa shape index (κ1) is 10.7. The molecule has 1 fully saturated rings. The number of rotatable bonds is 4. The largest absolute Gasteiger partial charge is 0.339 e. The highest BCUT2D eigenvalue weighted by molar-refractivity contribution is 7.99. The molecule has 2 rings (SSSR count). The van der Waals surface area contributed by atoms with E-state index in [4.69, 9.17) is 4.52 Å². The molecule has 82 valence electrons. The van der Waals surface area contributed by atoms with Crippen molar-refractivity contribution in [2.24, 2.45) is 0 Å². The van der Waals surface area contributed by atoms with Gasteiger partial charge in [0.05, 0.1) is 11.7 Å². The van der Waals surface area contributed by atoms with E-state index in [0.29, 0.717) is 17.6 Å². The van der Waals surface area contributed by atoms with Gasteiger partial charge in [-0.15, -0.1) is 0 Å². The van der Waals surface area contributed by atoms with Crippen LogP contribution in [0.2, 0.25) is 0 Å². The minimum atomic E-state index is 0.143. The van der Waals surface area contributed by atoms with Crippen LogP contribution < -0.4 is 0 Å². The number of ketones is 1. The molecule has 1 atom stereocenters. The Morgan fingerprint density at radius 2 is 2.53 bits per heavy atom. The maximum Gasteiger partial charge on any atom is 0.234 e. The maximum absolute atomic E-state index is 11.2. The number of hydrogen-bond donors (Lipinski definition) is 0. The van der Waals surface area contributed by atoms with Crippen molar-refractivity contribution in [3.63, 3.8) is 0 Å². The molecule has 1 aliphatic rings. The number of carbonyl (C=O) groups is 1. The monoisotopic (exact) mass is 226 g/mol. The van der Waals surface area contributed by atoms with E-state index in [2.05, 4.69) is 10.1 Å². The Morgan fingerprint density at radius 3 is 3.20 bits per heavy atom. The van der Waals surface area contributed by atoms with E-state index >= 15 is 0 Å². The first-order chi connectivity index (χ1) is 7.29. The number of carbonyl (C=O) groups excluding carboxylic acids is 1. The SMILES string of the molecule is CCC(=O)Cc1nc(C2CCCS2)no1. The van der Waals surface area contributed by atoms with Crippen LogP contribution in [-0.2, 0) is 11.2 Å². The molecule has 2 heterocycles. The van der Waals surface area contributed by atoms with E-state index in [1.54, 1.807) is 0 Å². The molecule has 0 bridgehead atoms. The molecule has 1 unspecified atom stereocenters. The summed E-state index contributed by atoms with van der Waals surface area (Å²) >= 11 is 1.86. The Bertz CT molecular complexity index is 345. The van der Waals surface area contributed by atoms with Crippen LogP contribution in [0.3, 0.4) is 0 Å². The third-order valence-electron chi connectivity index (χ3n) is 2.44. The van der Waals surface area contributed by atoms with Gasteiger partial charge in [0.2, 0.25) is 5.89 Å². The van der Waals surface area contributed by atoms with Gasteiger partial charge in [0.25, 0.3) is 0 Å². The molecular formula is C10H14N2O2S. The maximum atomic E-state index is 11.2. The quantitative estimate of drug-likeness (QED) is 0.787. The van der Waals surface area contributed by atoms with Gasteiger partial charge in [0.1, 0.15) is 5.78 Å². The lowest BCUT2D eigenvalue weighted by atomic mass is 10.2. The van der Waals surface area contributed by atoms with Gasteiger partial charge < -0.3 is 4.52 Å². The Morgan fingerprint density at radius 1 is 1.67 bits per heavy atom. The first-order valence-electron chi connectivity index (χ1n) is 5.25. The van der Waals surface area contributed by atoms with Crippen molar-refractivity contribution in [2.45, 2.75) is 37.9 Å². The van der Waals surface area contributed by atoms with Crippen LogP contribution >= 0.6 is 11.8 Å². The summed E-state index contributed by atoms with van der Waals surface area (Å²) in [6.07, 6.45) is 3.13. The smallest absolute Gasteiger partial charge is 0.234 e. The normalized spacial score (nSPS) is 20.7. The van der Waals surface area contributed by atoms with Gasteiger partial charge in [0, 0.05) is 6.42 Å². The Balaban J connectivity index is 2.00. The topological polar surface area (TPSA) is 56.0 Å². The van der Waals surface area contributed by atoms with Crippen LogP contribution in [0.4, 0.5) is 0 Å². The summed E-state index contributed by atoms with van der Waals surface area (Å²) in [7, 11) is 0. The molecule has 0 spiro atoms. The number of thioether (sulfide) groups is 1. The van der Waals surface area contributed by atoms with Crippen molar-refractivity contribution < 1.29 is 9.32 Å². The van der Waals surface area contributed by atoms with Gasteiger partial charge in [-0.05, 0) is 18.6 Å². The summed E-state index contributed by atoms with van der Waals surface area (Å²) in [5, 5.41) is 4.30. The van der Waals surface area contributed by atoms with Crippen LogP contribution in [0.15, 0.2) is 4.52 Å². The zero-order valence-corrected chi connectivity index (χ0v) is 9.55. The standard InChI is InChI=1S/C10H14N2O2S/c1-2-7(13)6-9-11-10(12-14-9)8-4-3-5-15-8/h8H,2-6H2,1H3. The van der Waals surface area contributed by atoms with Gasteiger partial charge in [0.15, 0.2) is 5.82 Å². The molecule has 0 aromatic carbocycles. The molecule has 0 N–H and O–H groups in total. The van der Waals surface area contributed by atoms with E-state index in [1.807, 2.05) is 18.7 Å². The van der Waals surface area contributed by atoms with Gasteiger partial charge >= 0.3 is 0 Å². The minimum absolute atomic E-state index is 0.143. The second-order valence-corrected chi connectivity index (χ2v) is 4.93. The third kappa shape index (κ3) is 2.59.